The molecule has 0 radical (unpaired) electrons. The summed E-state index contributed by atoms with van der Waals surface area (Å²) in [5, 5.41) is 8.38. The highest BCUT2D eigenvalue weighted by molar-refractivity contribution is 7.10. The summed E-state index contributed by atoms with van der Waals surface area (Å²) in [4.78, 5) is 1.42. The molecule has 2 heteroatoms. The highest BCUT2D eigenvalue weighted by atomic mass is 32.1. The van der Waals surface area contributed by atoms with Gasteiger partial charge in [0.25, 0.3) is 0 Å². The number of fused-ring (bicyclic) bond motifs is 1. The van der Waals surface area contributed by atoms with Crippen molar-refractivity contribution in [3.05, 3.63) is 70.4 Å². The maximum Gasteiger partial charge on any atom is 0.0455 e. The van der Waals surface area contributed by atoms with E-state index < -0.39 is 0 Å². The Bertz CT molecular complexity index is 673. The average Bonchev–Trinajstić information content (AvgIpc) is 3.01. The second kappa shape index (κ2) is 6.21. The van der Waals surface area contributed by atoms with Gasteiger partial charge in [-0.2, -0.15) is 0 Å². The standard InChI is InChI=1S/C18H19NS/c1-2-19-17(18-8-5-11-20-18)13-14-9-10-15-6-3-4-7-16(15)12-14/h3-12,17,19H,2,13H2,1H3. The van der Waals surface area contributed by atoms with Gasteiger partial charge in [-0.05, 0) is 40.7 Å². The van der Waals surface area contributed by atoms with Gasteiger partial charge in [0.05, 0.1) is 0 Å². The van der Waals surface area contributed by atoms with Crippen LogP contribution in [0.4, 0.5) is 0 Å². The molecule has 1 heterocycles. The van der Waals surface area contributed by atoms with Crippen molar-refractivity contribution in [1.82, 2.24) is 5.32 Å². The minimum atomic E-state index is 0.418. The average molecular weight is 281 g/mol. The lowest BCUT2D eigenvalue weighted by molar-refractivity contribution is 0.558. The van der Waals surface area contributed by atoms with Gasteiger partial charge in [0, 0.05) is 10.9 Å². The first-order valence-electron chi connectivity index (χ1n) is 7.11. The fraction of sp³-hybridized carbons (Fsp3) is 0.222. The van der Waals surface area contributed by atoms with Gasteiger partial charge in [-0.25, -0.2) is 0 Å². The van der Waals surface area contributed by atoms with Crippen LogP contribution < -0.4 is 5.32 Å². The van der Waals surface area contributed by atoms with E-state index in [1.807, 2.05) is 11.3 Å². The lowest BCUT2D eigenvalue weighted by atomic mass is 10.0. The molecule has 1 atom stereocenters. The van der Waals surface area contributed by atoms with E-state index in [4.69, 9.17) is 0 Å². The third-order valence-electron chi connectivity index (χ3n) is 3.59. The van der Waals surface area contributed by atoms with Crippen molar-refractivity contribution < 1.29 is 0 Å². The second-order valence-corrected chi connectivity index (χ2v) is 5.99. The summed E-state index contributed by atoms with van der Waals surface area (Å²) in [6.45, 7) is 3.16. The van der Waals surface area contributed by atoms with E-state index >= 15 is 0 Å². The topological polar surface area (TPSA) is 12.0 Å². The quantitative estimate of drug-likeness (QED) is 0.708. The Morgan fingerprint density at radius 1 is 1.00 bits per heavy atom. The molecule has 20 heavy (non-hydrogen) atoms. The molecule has 0 saturated heterocycles. The van der Waals surface area contributed by atoms with Gasteiger partial charge in [0.1, 0.15) is 0 Å². The molecule has 1 nitrogen and oxygen atoms in total. The molecule has 102 valence electrons. The van der Waals surface area contributed by atoms with Crippen LogP contribution in [0.25, 0.3) is 10.8 Å². The van der Waals surface area contributed by atoms with Crippen molar-refractivity contribution in [2.24, 2.45) is 0 Å². The van der Waals surface area contributed by atoms with Crippen LogP contribution in [0, 0.1) is 0 Å². The van der Waals surface area contributed by atoms with Crippen molar-refractivity contribution in [2.45, 2.75) is 19.4 Å². The molecule has 1 unspecified atom stereocenters. The predicted molar refractivity (Wildman–Crippen MR) is 88.4 cm³/mol. The maximum absolute atomic E-state index is 3.59. The molecule has 3 aromatic rings. The van der Waals surface area contributed by atoms with E-state index in [1.165, 1.54) is 21.2 Å². The second-order valence-electron chi connectivity index (χ2n) is 5.01. The number of rotatable bonds is 5. The largest absolute Gasteiger partial charge is 0.309 e. The first kappa shape index (κ1) is 13.3. The van der Waals surface area contributed by atoms with Gasteiger partial charge in [-0.3, -0.25) is 0 Å². The van der Waals surface area contributed by atoms with Crippen LogP contribution in [-0.2, 0) is 6.42 Å². The first-order chi connectivity index (χ1) is 9.86. The number of benzene rings is 2. The summed E-state index contributed by atoms with van der Waals surface area (Å²) in [6, 6.07) is 20.1. The summed E-state index contributed by atoms with van der Waals surface area (Å²) < 4.78 is 0. The summed E-state index contributed by atoms with van der Waals surface area (Å²) >= 11 is 1.83. The molecule has 2 aromatic carbocycles. The molecular formula is C18H19NS. The summed E-state index contributed by atoms with van der Waals surface area (Å²) in [6.07, 6.45) is 1.04. The van der Waals surface area contributed by atoms with Crippen molar-refractivity contribution in [1.29, 1.82) is 0 Å². The molecule has 0 aliphatic rings. The minimum absolute atomic E-state index is 0.418. The van der Waals surface area contributed by atoms with Crippen molar-refractivity contribution in [3.63, 3.8) is 0 Å². The molecule has 0 bridgehead atoms. The van der Waals surface area contributed by atoms with Gasteiger partial charge in [-0.15, -0.1) is 11.3 Å². The molecule has 0 aliphatic heterocycles. The number of hydrogen-bond donors (Lipinski definition) is 1. The zero-order valence-electron chi connectivity index (χ0n) is 11.7. The van der Waals surface area contributed by atoms with E-state index in [0.717, 1.165) is 13.0 Å². The normalized spacial score (nSPS) is 12.7. The van der Waals surface area contributed by atoms with Crippen LogP contribution in [0.5, 0.6) is 0 Å². The first-order valence-corrected chi connectivity index (χ1v) is 7.99. The summed E-state index contributed by atoms with van der Waals surface area (Å²) in [7, 11) is 0. The molecular weight excluding hydrogens is 262 g/mol. The Kier molecular flexibility index (Phi) is 4.14. The number of nitrogens with one attached hydrogen (secondary N) is 1. The third kappa shape index (κ3) is 2.92. The van der Waals surface area contributed by atoms with Crippen LogP contribution in [0.15, 0.2) is 60.0 Å². The number of thiophene rings is 1. The van der Waals surface area contributed by atoms with E-state index in [-0.39, 0.29) is 0 Å². The highest BCUT2D eigenvalue weighted by Crippen LogP contribution is 2.24. The summed E-state index contributed by atoms with van der Waals surface area (Å²) in [5.74, 6) is 0. The van der Waals surface area contributed by atoms with Crippen LogP contribution in [0.1, 0.15) is 23.4 Å². The monoisotopic (exact) mass is 281 g/mol. The molecule has 3 rings (SSSR count). The molecule has 0 amide bonds. The zero-order valence-corrected chi connectivity index (χ0v) is 12.5. The van der Waals surface area contributed by atoms with Crippen molar-refractivity contribution >= 4 is 22.1 Å². The smallest absolute Gasteiger partial charge is 0.0455 e. The van der Waals surface area contributed by atoms with Gasteiger partial charge < -0.3 is 5.32 Å². The Morgan fingerprint density at radius 3 is 2.60 bits per heavy atom. The summed E-state index contributed by atoms with van der Waals surface area (Å²) in [5.41, 5.74) is 1.39. The Hall–Kier alpha value is -1.64. The molecule has 1 N–H and O–H groups in total. The van der Waals surface area contributed by atoms with E-state index in [9.17, 15) is 0 Å². The van der Waals surface area contributed by atoms with Crippen molar-refractivity contribution in [3.8, 4) is 0 Å². The third-order valence-corrected chi connectivity index (χ3v) is 4.58. The highest BCUT2D eigenvalue weighted by Gasteiger charge is 2.12. The predicted octanol–water partition coefficient (Wildman–Crippen LogP) is 4.79. The van der Waals surface area contributed by atoms with Crippen molar-refractivity contribution in [2.75, 3.05) is 6.54 Å². The lowest BCUT2D eigenvalue weighted by Crippen LogP contribution is -2.22. The molecule has 0 aliphatic carbocycles. The van der Waals surface area contributed by atoms with Crippen LogP contribution in [0.2, 0.25) is 0 Å². The molecule has 0 saturated carbocycles. The van der Waals surface area contributed by atoms with E-state index in [1.54, 1.807) is 0 Å². The fourth-order valence-corrected chi connectivity index (χ4v) is 3.41. The zero-order chi connectivity index (χ0) is 13.8. The SMILES string of the molecule is CCNC(Cc1ccc2ccccc2c1)c1cccs1. The molecule has 1 aromatic heterocycles. The van der Waals surface area contributed by atoms with E-state index in [0.29, 0.717) is 6.04 Å². The lowest BCUT2D eigenvalue weighted by Gasteiger charge is -2.17. The van der Waals surface area contributed by atoms with Gasteiger partial charge >= 0.3 is 0 Å². The Morgan fingerprint density at radius 2 is 1.85 bits per heavy atom. The maximum atomic E-state index is 3.59. The van der Waals surface area contributed by atoms with Gasteiger partial charge in [0.2, 0.25) is 0 Å². The van der Waals surface area contributed by atoms with Crippen LogP contribution in [0.3, 0.4) is 0 Å². The molecule has 0 fully saturated rings. The van der Waals surface area contributed by atoms with Crippen LogP contribution >= 0.6 is 11.3 Å². The van der Waals surface area contributed by atoms with Crippen LogP contribution in [-0.4, -0.2) is 6.54 Å². The molecule has 0 spiro atoms. The fourth-order valence-electron chi connectivity index (χ4n) is 2.61. The van der Waals surface area contributed by atoms with Gasteiger partial charge in [-0.1, -0.05) is 55.5 Å². The minimum Gasteiger partial charge on any atom is -0.309 e. The van der Waals surface area contributed by atoms with Gasteiger partial charge in [0.15, 0.2) is 0 Å². The number of hydrogen-bond acceptors (Lipinski definition) is 2. The number of likely N-dealkylation sites (N-methyl/N-ethyl adjacent to an activating group) is 1. The Labute approximate surface area is 124 Å². The Balaban J connectivity index is 1.86. The van der Waals surface area contributed by atoms with E-state index in [2.05, 4.69) is 72.2 Å².